The van der Waals surface area contributed by atoms with Gasteiger partial charge in [-0.1, -0.05) is 19.9 Å². The number of piperidine rings is 1. The summed E-state index contributed by atoms with van der Waals surface area (Å²) in [6.07, 6.45) is 1.05. The van der Waals surface area contributed by atoms with Gasteiger partial charge in [-0.3, -0.25) is 4.79 Å². The van der Waals surface area contributed by atoms with E-state index in [0.29, 0.717) is 42.3 Å². The van der Waals surface area contributed by atoms with E-state index in [0.717, 1.165) is 32.6 Å². The molecule has 0 aromatic heterocycles. The van der Waals surface area contributed by atoms with Crippen molar-refractivity contribution < 1.29 is 13.2 Å². The second-order valence-corrected chi connectivity index (χ2v) is 10.6. The maximum Gasteiger partial charge on any atom is 0.253 e. The van der Waals surface area contributed by atoms with Crippen molar-refractivity contribution in [1.29, 1.82) is 0 Å². The molecule has 0 radical (unpaired) electrons. The first-order valence-corrected chi connectivity index (χ1v) is 11.4. The van der Waals surface area contributed by atoms with Gasteiger partial charge in [0, 0.05) is 44.8 Å². The Morgan fingerprint density at radius 1 is 1.04 bits per heavy atom. The standard InChI is InChI=1S/C20H29N3O3S.ClH/c1-14-6-15(2)11-23(10-14)27(25,26)19-5-3-4-16(7-19)20(24)22-12-17-8-21-9-18(17)13-22;/h3-5,7,14-15,17-18,21H,6,8-13H2,1-2H3;1H/t14?,15?,17-,18+;. The van der Waals surface area contributed by atoms with Gasteiger partial charge in [0.15, 0.2) is 0 Å². The minimum Gasteiger partial charge on any atom is -0.338 e. The van der Waals surface area contributed by atoms with Crippen LogP contribution in [0.25, 0.3) is 0 Å². The highest BCUT2D eigenvalue weighted by molar-refractivity contribution is 7.89. The van der Waals surface area contributed by atoms with Gasteiger partial charge in [0.1, 0.15) is 0 Å². The van der Waals surface area contributed by atoms with Crippen LogP contribution in [0.15, 0.2) is 29.2 Å². The minimum absolute atomic E-state index is 0. The zero-order valence-corrected chi connectivity index (χ0v) is 18.1. The molecule has 1 aromatic rings. The highest BCUT2D eigenvalue weighted by Gasteiger charge is 2.38. The molecule has 3 aliphatic heterocycles. The molecule has 4 atom stereocenters. The predicted octanol–water partition coefficient (Wildman–Crippen LogP) is 2.07. The first-order valence-electron chi connectivity index (χ1n) is 9.95. The Bertz CT molecular complexity index is 810. The predicted molar refractivity (Wildman–Crippen MR) is 111 cm³/mol. The van der Waals surface area contributed by atoms with E-state index in [9.17, 15) is 13.2 Å². The van der Waals surface area contributed by atoms with Crippen molar-refractivity contribution in [2.75, 3.05) is 39.3 Å². The number of likely N-dealkylation sites (tertiary alicyclic amines) is 1. The van der Waals surface area contributed by atoms with Crippen molar-refractivity contribution in [1.82, 2.24) is 14.5 Å². The van der Waals surface area contributed by atoms with E-state index in [1.54, 1.807) is 28.6 Å². The molecule has 28 heavy (non-hydrogen) atoms. The SMILES string of the molecule is CC1CC(C)CN(S(=O)(=O)c2cccc(C(=O)N3C[C@H]4CNC[C@H]4C3)c2)C1.Cl. The third kappa shape index (κ3) is 4.08. The van der Waals surface area contributed by atoms with Crippen LogP contribution in [-0.2, 0) is 10.0 Å². The molecule has 156 valence electrons. The fourth-order valence-electron chi connectivity index (χ4n) is 4.94. The summed E-state index contributed by atoms with van der Waals surface area (Å²) in [5.41, 5.74) is 0.474. The molecule has 3 fully saturated rings. The van der Waals surface area contributed by atoms with E-state index < -0.39 is 10.0 Å². The Hall–Kier alpha value is -1.15. The summed E-state index contributed by atoms with van der Waals surface area (Å²) in [5, 5.41) is 3.37. The van der Waals surface area contributed by atoms with Crippen molar-refractivity contribution in [3.8, 4) is 0 Å². The van der Waals surface area contributed by atoms with Gasteiger partial charge in [-0.2, -0.15) is 4.31 Å². The van der Waals surface area contributed by atoms with Crippen molar-refractivity contribution >= 4 is 28.3 Å². The quantitative estimate of drug-likeness (QED) is 0.801. The Morgan fingerprint density at radius 3 is 2.25 bits per heavy atom. The normalized spacial score (nSPS) is 30.7. The molecule has 0 bridgehead atoms. The van der Waals surface area contributed by atoms with Crippen LogP contribution < -0.4 is 5.32 Å². The summed E-state index contributed by atoms with van der Waals surface area (Å²) in [5.74, 6) is 1.70. The van der Waals surface area contributed by atoms with Gasteiger partial charge in [0.25, 0.3) is 5.91 Å². The fourth-order valence-corrected chi connectivity index (χ4v) is 6.67. The molecule has 1 N–H and O–H groups in total. The summed E-state index contributed by atoms with van der Waals surface area (Å²) in [4.78, 5) is 15.0. The number of nitrogens with one attached hydrogen (secondary N) is 1. The Balaban J connectivity index is 0.00000225. The Kier molecular flexibility index (Phi) is 6.39. The van der Waals surface area contributed by atoms with Crippen LogP contribution in [0.3, 0.4) is 0 Å². The number of carbonyl (C=O) groups excluding carboxylic acids is 1. The topological polar surface area (TPSA) is 69.7 Å². The molecule has 0 aliphatic carbocycles. The van der Waals surface area contributed by atoms with Crippen LogP contribution in [0.1, 0.15) is 30.6 Å². The number of hydrogen-bond acceptors (Lipinski definition) is 4. The zero-order valence-electron chi connectivity index (χ0n) is 16.5. The van der Waals surface area contributed by atoms with Crippen LogP contribution in [0.4, 0.5) is 0 Å². The molecular formula is C20H30ClN3O3S. The number of nitrogens with zero attached hydrogens (tertiary/aromatic N) is 2. The van der Waals surface area contributed by atoms with Crippen LogP contribution in [0.2, 0.25) is 0 Å². The van der Waals surface area contributed by atoms with E-state index in [1.807, 2.05) is 4.90 Å². The van der Waals surface area contributed by atoms with E-state index in [-0.39, 0.29) is 23.2 Å². The number of sulfonamides is 1. The van der Waals surface area contributed by atoms with Gasteiger partial charge in [0.05, 0.1) is 4.90 Å². The second kappa shape index (κ2) is 8.30. The molecule has 3 aliphatic rings. The third-order valence-electron chi connectivity index (χ3n) is 6.23. The second-order valence-electron chi connectivity index (χ2n) is 8.68. The van der Waals surface area contributed by atoms with Crippen molar-refractivity contribution in [3.05, 3.63) is 29.8 Å². The number of fused-ring (bicyclic) bond motifs is 1. The molecule has 4 rings (SSSR count). The molecule has 0 saturated carbocycles. The summed E-state index contributed by atoms with van der Waals surface area (Å²) in [6.45, 7) is 8.74. The lowest BCUT2D eigenvalue weighted by Gasteiger charge is -2.34. The summed E-state index contributed by atoms with van der Waals surface area (Å²) < 4.78 is 27.8. The van der Waals surface area contributed by atoms with Gasteiger partial charge in [0.2, 0.25) is 10.0 Å². The molecule has 1 amide bonds. The van der Waals surface area contributed by atoms with Gasteiger partial charge in [-0.05, 0) is 48.3 Å². The lowest BCUT2D eigenvalue weighted by Crippen LogP contribution is -2.42. The molecular weight excluding hydrogens is 398 g/mol. The molecule has 2 unspecified atom stereocenters. The molecule has 6 nitrogen and oxygen atoms in total. The number of carbonyl (C=O) groups is 1. The highest BCUT2D eigenvalue weighted by atomic mass is 35.5. The third-order valence-corrected chi connectivity index (χ3v) is 8.06. The highest BCUT2D eigenvalue weighted by Crippen LogP contribution is 2.29. The van der Waals surface area contributed by atoms with Crippen molar-refractivity contribution in [2.24, 2.45) is 23.7 Å². The summed E-state index contributed by atoms with van der Waals surface area (Å²) in [6, 6.07) is 6.59. The van der Waals surface area contributed by atoms with Crippen LogP contribution in [0, 0.1) is 23.7 Å². The number of benzene rings is 1. The maximum absolute atomic E-state index is 13.1. The van der Waals surface area contributed by atoms with E-state index in [4.69, 9.17) is 0 Å². The fraction of sp³-hybridized carbons (Fsp3) is 0.650. The number of rotatable bonds is 3. The van der Waals surface area contributed by atoms with Crippen LogP contribution in [0.5, 0.6) is 0 Å². The maximum atomic E-state index is 13.1. The lowest BCUT2D eigenvalue weighted by atomic mass is 9.94. The monoisotopic (exact) mass is 427 g/mol. The Labute approximate surface area is 174 Å². The average Bonchev–Trinajstić information content (AvgIpc) is 3.22. The first-order chi connectivity index (χ1) is 12.8. The number of hydrogen-bond donors (Lipinski definition) is 1. The van der Waals surface area contributed by atoms with Crippen LogP contribution in [-0.4, -0.2) is 62.8 Å². The smallest absolute Gasteiger partial charge is 0.253 e. The van der Waals surface area contributed by atoms with E-state index >= 15 is 0 Å². The number of amides is 1. The first kappa shape index (κ1) is 21.6. The zero-order chi connectivity index (χ0) is 19.2. The van der Waals surface area contributed by atoms with E-state index in [2.05, 4.69) is 19.2 Å². The molecule has 0 spiro atoms. The van der Waals surface area contributed by atoms with Gasteiger partial charge >= 0.3 is 0 Å². The van der Waals surface area contributed by atoms with Crippen LogP contribution >= 0.6 is 12.4 Å². The average molecular weight is 428 g/mol. The van der Waals surface area contributed by atoms with Crippen molar-refractivity contribution in [2.45, 2.75) is 25.2 Å². The molecule has 1 aromatic carbocycles. The summed E-state index contributed by atoms with van der Waals surface area (Å²) in [7, 11) is -3.57. The molecule has 8 heteroatoms. The largest absolute Gasteiger partial charge is 0.338 e. The van der Waals surface area contributed by atoms with Crippen molar-refractivity contribution in [3.63, 3.8) is 0 Å². The lowest BCUT2D eigenvalue weighted by molar-refractivity contribution is 0.0781. The molecule has 3 saturated heterocycles. The van der Waals surface area contributed by atoms with E-state index in [1.165, 1.54) is 0 Å². The Morgan fingerprint density at radius 2 is 1.64 bits per heavy atom. The van der Waals surface area contributed by atoms with Gasteiger partial charge in [-0.25, -0.2) is 8.42 Å². The molecule has 3 heterocycles. The minimum atomic E-state index is -3.57. The van der Waals surface area contributed by atoms with Gasteiger partial charge < -0.3 is 10.2 Å². The van der Waals surface area contributed by atoms with Gasteiger partial charge in [-0.15, -0.1) is 12.4 Å². The number of halogens is 1. The summed E-state index contributed by atoms with van der Waals surface area (Å²) >= 11 is 0.